The minimum Gasteiger partial charge on any atom is -0.390 e. The topological polar surface area (TPSA) is 9.23 Å². The van der Waals surface area contributed by atoms with Crippen molar-refractivity contribution < 1.29 is 4.43 Å². The van der Waals surface area contributed by atoms with Gasteiger partial charge in [0.05, 0.1) is 0 Å². The van der Waals surface area contributed by atoms with Gasteiger partial charge in [-0.05, 0) is 6.04 Å². The third-order valence-electron chi connectivity index (χ3n) is 4.30. The van der Waals surface area contributed by atoms with Gasteiger partial charge < -0.3 is 4.43 Å². The predicted molar refractivity (Wildman–Crippen MR) is 107 cm³/mol. The summed E-state index contributed by atoms with van der Waals surface area (Å²) in [5.74, 6) is 0. The maximum absolute atomic E-state index is 5.50. The lowest BCUT2D eigenvalue weighted by Gasteiger charge is -2.04. The second-order valence-electron chi connectivity index (χ2n) is 6.58. The Hall–Kier alpha value is 0.757. The summed E-state index contributed by atoms with van der Waals surface area (Å²) in [6.07, 6.45) is 22.6. The van der Waals surface area contributed by atoms with Gasteiger partial charge >= 0.3 is 0 Å². The fourth-order valence-electron chi connectivity index (χ4n) is 2.87. The summed E-state index contributed by atoms with van der Waals surface area (Å²) >= 11 is 11.0. The Kier molecular flexibility index (Phi) is 21.5. The minimum absolute atomic E-state index is 0.460. The third-order valence-corrected chi connectivity index (χ3v) is 5.74. The molecule has 0 saturated heterocycles. The molecule has 2 radical (unpaired) electrons. The zero-order valence-corrected chi connectivity index (χ0v) is 17.8. The van der Waals surface area contributed by atoms with Gasteiger partial charge in [-0.25, -0.2) is 0 Å². The van der Waals surface area contributed by atoms with E-state index in [1.54, 1.807) is 0 Å². The molecule has 0 aliphatic carbocycles. The summed E-state index contributed by atoms with van der Waals surface area (Å²) in [5.41, 5.74) is 0. The molecule has 0 saturated carbocycles. The molecule has 4 heteroatoms. The van der Waals surface area contributed by atoms with Gasteiger partial charge in [0, 0.05) is 0 Å². The van der Waals surface area contributed by atoms with E-state index < -0.39 is 5.02 Å². The molecule has 0 aliphatic rings. The number of hydrogen-bond acceptors (Lipinski definition) is 1. The summed E-state index contributed by atoms with van der Waals surface area (Å²) in [7, 11) is 0.460. The molecule has 0 aliphatic heterocycles. The average Bonchev–Trinajstić information content (AvgIpc) is 2.53. The molecule has 0 atom stereocenters. The van der Waals surface area contributed by atoms with Crippen LogP contribution in [0.4, 0.5) is 0 Å². The molecule has 138 valence electrons. The van der Waals surface area contributed by atoms with Crippen LogP contribution in [0.3, 0.4) is 0 Å². The van der Waals surface area contributed by atoms with Crippen LogP contribution in [0.2, 0.25) is 6.04 Å². The van der Waals surface area contributed by atoms with Crippen molar-refractivity contribution in [3.05, 3.63) is 0 Å². The van der Waals surface area contributed by atoms with Crippen molar-refractivity contribution in [2.24, 2.45) is 0 Å². The lowest BCUT2D eigenvalue weighted by atomic mass is 10.0. The Bertz CT molecular complexity index is 216. The van der Waals surface area contributed by atoms with Gasteiger partial charge in [-0.3, -0.25) is 0 Å². The molecule has 0 aromatic heterocycles. The molecular formula is C19H38Cl2OSi. The number of alkyl halides is 2. The summed E-state index contributed by atoms with van der Waals surface area (Å²) in [6.45, 7) is 2.29. The van der Waals surface area contributed by atoms with E-state index in [1.165, 1.54) is 103 Å². The Balaban J connectivity index is 2.95. The van der Waals surface area contributed by atoms with E-state index in [0.29, 0.717) is 9.76 Å². The second-order valence-corrected chi connectivity index (χ2v) is 8.62. The smallest absolute Gasteiger partial charge is 0.233 e. The van der Waals surface area contributed by atoms with Gasteiger partial charge in [0.25, 0.3) is 0 Å². The lowest BCUT2D eigenvalue weighted by molar-refractivity contribution is 0.374. The molecule has 0 rings (SSSR count). The quantitative estimate of drug-likeness (QED) is 0.125. The molecule has 1 nitrogen and oxygen atoms in total. The van der Waals surface area contributed by atoms with Crippen LogP contribution in [0.15, 0.2) is 0 Å². The predicted octanol–water partition coefficient (Wildman–Crippen LogP) is 8.06. The lowest BCUT2D eigenvalue weighted by Crippen LogP contribution is -2.01. The monoisotopic (exact) mass is 380 g/mol. The van der Waals surface area contributed by atoms with Gasteiger partial charge in [0.2, 0.25) is 9.76 Å². The van der Waals surface area contributed by atoms with Crippen LogP contribution in [0.25, 0.3) is 0 Å². The molecule has 23 heavy (non-hydrogen) atoms. The Morgan fingerprint density at radius 1 is 0.609 bits per heavy atom. The van der Waals surface area contributed by atoms with Crippen molar-refractivity contribution in [3.63, 3.8) is 0 Å². The molecule has 0 fully saturated rings. The largest absolute Gasteiger partial charge is 0.390 e. The van der Waals surface area contributed by atoms with Crippen LogP contribution in [-0.4, -0.2) is 14.8 Å². The fourth-order valence-corrected chi connectivity index (χ4v) is 3.88. The third kappa shape index (κ3) is 22.8. The van der Waals surface area contributed by atoms with Gasteiger partial charge in [0.1, 0.15) is 0 Å². The van der Waals surface area contributed by atoms with Crippen molar-refractivity contribution >= 4 is 33.0 Å². The zero-order valence-electron chi connectivity index (χ0n) is 15.3. The van der Waals surface area contributed by atoms with Gasteiger partial charge in [-0.2, -0.15) is 0 Å². The van der Waals surface area contributed by atoms with E-state index in [2.05, 4.69) is 6.92 Å². The summed E-state index contributed by atoms with van der Waals surface area (Å²) in [5, 5.41) is -0.644. The van der Waals surface area contributed by atoms with Crippen molar-refractivity contribution in [2.75, 3.05) is 0 Å². The molecule has 0 unspecified atom stereocenters. The molecule has 0 aromatic rings. The highest BCUT2D eigenvalue weighted by molar-refractivity contribution is 6.45. The highest BCUT2D eigenvalue weighted by atomic mass is 35.5. The SMILES string of the molecule is CCCCCCCCCCCCCCCCCC[Si]OC(Cl)Cl. The Morgan fingerprint density at radius 2 is 0.957 bits per heavy atom. The van der Waals surface area contributed by atoms with E-state index >= 15 is 0 Å². The van der Waals surface area contributed by atoms with Crippen LogP contribution >= 0.6 is 23.2 Å². The molecular weight excluding hydrogens is 343 g/mol. The van der Waals surface area contributed by atoms with Crippen LogP contribution < -0.4 is 0 Å². The summed E-state index contributed by atoms with van der Waals surface area (Å²) in [6, 6.07) is 1.11. The number of halogens is 2. The van der Waals surface area contributed by atoms with E-state index in [4.69, 9.17) is 27.6 Å². The average molecular weight is 382 g/mol. The van der Waals surface area contributed by atoms with E-state index in [-0.39, 0.29) is 0 Å². The maximum atomic E-state index is 5.50. The molecule has 0 heterocycles. The van der Waals surface area contributed by atoms with Crippen LogP contribution in [0.5, 0.6) is 0 Å². The van der Waals surface area contributed by atoms with E-state index in [0.717, 1.165) is 6.04 Å². The first-order valence-corrected chi connectivity index (χ1v) is 11.9. The van der Waals surface area contributed by atoms with Crippen molar-refractivity contribution in [2.45, 2.75) is 121 Å². The first kappa shape index (κ1) is 23.8. The second kappa shape index (κ2) is 20.8. The summed E-state index contributed by atoms with van der Waals surface area (Å²) in [4.78, 5) is 0. The maximum Gasteiger partial charge on any atom is 0.233 e. The number of rotatable bonds is 19. The van der Waals surface area contributed by atoms with Crippen molar-refractivity contribution in [3.8, 4) is 0 Å². The normalized spacial score (nSPS) is 11.5. The first-order valence-electron chi connectivity index (χ1n) is 9.94. The highest BCUT2D eigenvalue weighted by Gasteiger charge is 1.99. The number of unbranched alkanes of at least 4 members (excludes halogenated alkanes) is 15. The Morgan fingerprint density at radius 3 is 1.30 bits per heavy atom. The van der Waals surface area contributed by atoms with Crippen LogP contribution in [0.1, 0.15) is 110 Å². The van der Waals surface area contributed by atoms with E-state index in [9.17, 15) is 0 Å². The molecule has 0 N–H and O–H groups in total. The van der Waals surface area contributed by atoms with Crippen LogP contribution in [-0.2, 0) is 4.43 Å². The summed E-state index contributed by atoms with van der Waals surface area (Å²) < 4.78 is 5.12. The highest BCUT2D eigenvalue weighted by Crippen LogP contribution is 2.14. The van der Waals surface area contributed by atoms with Gasteiger partial charge in [-0.1, -0.05) is 133 Å². The first-order chi connectivity index (χ1) is 11.3. The zero-order chi connectivity index (χ0) is 17.0. The number of hydrogen-bond donors (Lipinski definition) is 0. The van der Waals surface area contributed by atoms with Crippen molar-refractivity contribution in [1.82, 2.24) is 0 Å². The molecule has 0 aromatic carbocycles. The van der Waals surface area contributed by atoms with E-state index in [1.807, 2.05) is 0 Å². The van der Waals surface area contributed by atoms with Crippen molar-refractivity contribution in [1.29, 1.82) is 0 Å². The minimum atomic E-state index is -0.644. The van der Waals surface area contributed by atoms with Gasteiger partial charge in [0.15, 0.2) is 5.02 Å². The van der Waals surface area contributed by atoms with Crippen LogP contribution in [0, 0.1) is 0 Å². The molecule has 0 bridgehead atoms. The fraction of sp³-hybridized carbons (Fsp3) is 1.00. The Labute approximate surface area is 158 Å². The van der Waals surface area contributed by atoms with Gasteiger partial charge in [-0.15, -0.1) is 0 Å². The molecule has 0 spiro atoms. The standard InChI is InChI=1S/C19H38Cl2OSi/c1-2-3-4-5-6-7-8-9-10-11-12-13-14-15-16-17-18-23-22-19(20)21/h19H,2-18H2,1H3. The molecule has 0 amide bonds.